The molecule has 0 atom stereocenters. The van der Waals surface area contributed by atoms with E-state index in [-0.39, 0.29) is 16.2 Å². The van der Waals surface area contributed by atoms with Crippen molar-refractivity contribution in [2.75, 3.05) is 0 Å². The smallest absolute Gasteiger partial charge is 0.150 e. The molecule has 0 saturated carbocycles. The molecule has 0 amide bonds. The molecule has 0 aliphatic carbocycles. The minimum Gasteiger partial charge on any atom is -0.389 e. The Morgan fingerprint density at radius 2 is 2.00 bits per heavy atom. The van der Waals surface area contributed by atoms with Gasteiger partial charge in [0.05, 0.1) is 0 Å². The van der Waals surface area contributed by atoms with Gasteiger partial charge >= 0.3 is 0 Å². The maximum atomic E-state index is 14.1. The summed E-state index contributed by atoms with van der Waals surface area (Å²) in [7, 11) is 0. The first kappa shape index (κ1) is 13.6. The predicted molar refractivity (Wildman–Crippen MR) is 73.4 cm³/mol. The van der Waals surface area contributed by atoms with Crippen LogP contribution in [0.1, 0.15) is 24.7 Å². The first-order valence-corrected chi connectivity index (χ1v) is 6.26. The molecule has 0 spiro atoms. The van der Waals surface area contributed by atoms with Gasteiger partial charge in [-0.2, -0.15) is 0 Å². The molecule has 2 aromatic rings. The number of hydrogen-bond acceptors (Lipinski definition) is 2. The fourth-order valence-corrected chi connectivity index (χ4v) is 2.00. The molecular formula is C13H13F2N3S. The molecule has 0 fully saturated rings. The zero-order chi connectivity index (χ0) is 14.0. The third-order valence-corrected chi connectivity index (χ3v) is 2.97. The Bertz CT molecular complexity index is 599. The molecule has 0 saturated heterocycles. The van der Waals surface area contributed by atoms with E-state index in [1.54, 1.807) is 0 Å². The summed E-state index contributed by atoms with van der Waals surface area (Å²) < 4.78 is 29.5. The van der Waals surface area contributed by atoms with Gasteiger partial charge in [0.1, 0.15) is 16.5 Å². The summed E-state index contributed by atoms with van der Waals surface area (Å²) in [6, 6.07) is 2.27. The van der Waals surface area contributed by atoms with Crippen LogP contribution < -0.4 is 5.73 Å². The van der Waals surface area contributed by atoms with Gasteiger partial charge in [0.25, 0.3) is 0 Å². The van der Waals surface area contributed by atoms with Crippen LogP contribution in [0.2, 0.25) is 0 Å². The van der Waals surface area contributed by atoms with Crippen molar-refractivity contribution in [2.24, 2.45) is 5.73 Å². The van der Waals surface area contributed by atoms with E-state index in [1.807, 2.05) is 6.92 Å². The number of nitrogens with zero attached hydrogens (tertiary/aromatic N) is 2. The third-order valence-electron chi connectivity index (χ3n) is 2.73. The van der Waals surface area contributed by atoms with Crippen LogP contribution in [0.5, 0.6) is 0 Å². The molecule has 6 heteroatoms. The molecule has 1 aromatic carbocycles. The summed E-state index contributed by atoms with van der Waals surface area (Å²) in [4.78, 5) is 4.06. The second-order valence-corrected chi connectivity index (χ2v) is 4.56. The van der Waals surface area contributed by atoms with Crippen LogP contribution in [0.4, 0.5) is 8.78 Å². The van der Waals surface area contributed by atoms with Crippen molar-refractivity contribution in [3.8, 4) is 5.69 Å². The van der Waals surface area contributed by atoms with Crippen molar-refractivity contribution < 1.29 is 8.78 Å². The zero-order valence-electron chi connectivity index (χ0n) is 10.4. The van der Waals surface area contributed by atoms with Crippen LogP contribution in [0.3, 0.4) is 0 Å². The van der Waals surface area contributed by atoms with E-state index in [0.29, 0.717) is 12.2 Å². The molecule has 19 heavy (non-hydrogen) atoms. The molecule has 0 aliphatic rings. The Kier molecular flexibility index (Phi) is 3.90. The quantitative estimate of drug-likeness (QED) is 0.876. The molecule has 0 radical (unpaired) electrons. The lowest BCUT2D eigenvalue weighted by Gasteiger charge is -2.11. The van der Waals surface area contributed by atoms with Gasteiger partial charge in [0.2, 0.25) is 0 Å². The molecular weight excluding hydrogens is 268 g/mol. The molecule has 1 heterocycles. The van der Waals surface area contributed by atoms with E-state index in [1.165, 1.54) is 17.0 Å². The number of thiocarbonyl (C=S) groups is 1. The van der Waals surface area contributed by atoms with E-state index < -0.39 is 11.6 Å². The van der Waals surface area contributed by atoms with Crippen molar-refractivity contribution in [2.45, 2.75) is 19.8 Å². The minimum absolute atomic E-state index is 0.0382. The summed E-state index contributed by atoms with van der Waals surface area (Å²) in [6.07, 6.45) is 4.53. The number of rotatable bonds is 4. The Labute approximate surface area is 115 Å². The average Bonchev–Trinajstić information content (AvgIpc) is 2.77. The first-order chi connectivity index (χ1) is 9.04. The van der Waals surface area contributed by atoms with E-state index >= 15 is 0 Å². The maximum absolute atomic E-state index is 14.1. The highest BCUT2D eigenvalue weighted by Crippen LogP contribution is 2.21. The van der Waals surface area contributed by atoms with Gasteiger partial charge in [-0.1, -0.05) is 19.1 Å². The molecule has 100 valence electrons. The Hall–Kier alpha value is -1.82. The monoisotopic (exact) mass is 281 g/mol. The lowest BCUT2D eigenvalue weighted by Crippen LogP contribution is -2.12. The van der Waals surface area contributed by atoms with E-state index in [0.717, 1.165) is 18.6 Å². The van der Waals surface area contributed by atoms with Crippen molar-refractivity contribution in [1.29, 1.82) is 0 Å². The molecule has 0 aliphatic heterocycles. The van der Waals surface area contributed by atoms with Crippen LogP contribution in [0.25, 0.3) is 5.69 Å². The number of hydrogen-bond donors (Lipinski definition) is 1. The summed E-state index contributed by atoms with van der Waals surface area (Å²) in [5, 5.41) is 0. The number of imidazole rings is 1. The molecule has 0 bridgehead atoms. The van der Waals surface area contributed by atoms with Crippen LogP contribution >= 0.6 is 12.2 Å². The van der Waals surface area contributed by atoms with Crippen LogP contribution in [-0.2, 0) is 6.42 Å². The van der Waals surface area contributed by atoms with E-state index in [9.17, 15) is 8.78 Å². The summed E-state index contributed by atoms with van der Waals surface area (Å²) in [6.45, 7) is 1.97. The van der Waals surface area contributed by atoms with Gasteiger partial charge in [-0.3, -0.25) is 4.57 Å². The summed E-state index contributed by atoms with van der Waals surface area (Å²) >= 11 is 4.72. The Morgan fingerprint density at radius 1 is 1.37 bits per heavy atom. The van der Waals surface area contributed by atoms with Crippen molar-refractivity contribution >= 4 is 17.2 Å². The molecule has 3 nitrogen and oxygen atoms in total. The second-order valence-electron chi connectivity index (χ2n) is 4.12. The summed E-state index contributed by atoms with van der Waals surface area (Å²) in [5.41, 5.74) is 5.40. The lowest BCUT2D eigenvalue weighted by molar-refractivity contribution is 0.564. The third kappa shape index (κ3) is 2.63. The van der Waals surface area contributed by atoms with Crippen LogP contribution in [0.15, 0.2) is 24.5 Å². The largest absolute Gasteiger partial charge is 0.389 e. The average molecular weight is 281 g/mol. The van der Waals surface area contributed by atoms with Crippen LogP contribution in [-0.4, -0.2) is 14.5 Å². The molecule has 2 N–H and O–H groups in total. The number of aromatic nitrogens is 2. The van der Waals surface area contributed by atoms with E-state index in [4.69, 9.17) is 18.0 Å². The number of halogens is 2. The number of benzene rings is 1. The molecule has 2 rings (SSSR count). The lowest BCUT2D eigenvalue weighted by atomic mass is 10.1. The Morgan fingerprint density at radius 3 is 2.53 bits per heavy atom. The molecule has 1 aromatic heterocycles. The topological polar surface area (TPSA) is 43.8 Å². The Balaban J connectivity index is 2.56. The highest BCUT2D eigenvalue weighted by atomic mass is 32.1. The highest BCUT2D eigenvalue weighted by molar-refractivity contribution is 7.80. The van der Waals surface area contributed by atoms with Gasteiger partial charge in [-0.25, -0.2) is 13.8 Å². The normalized spacial score (nSPS) is 10.7. The van der Waals surface area contributed by atoms with Gasteiger partial charge in [0.15, 0.2) is 11.6 Å². The number of nitrogens with two attached hydrogens (primary N) is 1. The zero-order valence-corrected chi connectivity index (χ0v) is 11.2. The van der Waals surface area contributed by atoms with Crippen molar-refractivity contribution in [3.63, 3.8) is 0 Å². The van der Waals surface area contributed by atoms with Gasteiger partial charge in [-0.05, 0) is 18.6 Å². The SMILES string of the molecule is CCCc1nccn1-c1c(F)cc(C(N)=S)cc1F. The van der Waals surface area contributed by atoms with Crippen molar-refractivity contribution in [1.82, 2.24) is 9.55 Å². The van der Waals surface area contributed by atoms with E-state index in [2.05, 4.69) is 4.98 Å². The van der Waals surface area contributed by atoms with Gasteiger partial charge in [0, 0.05) is 24.4 Å². The van der Waals surface area contributed by atoms with Crippen LogP contribution in [0, 0.1) is 11.6 Å². The highest BCUT2D eigenvalue weighted by Gasteiger charge is 2.16. The van der Waals surface area contributed by atoms with Gasteiger partial charge in [-0.15, -0.1) is 0 Å². The maximum Gasteiger partial charge on any atom is 0.150 e. The standard InChI is InChI=1S/C13H13F2N3S/c1-2-3-11-17-4-5-18(11)12-9(14)6-8(13(16)19)7-10(12)15/h4-7H,2-3H2,1H3,(H2,16,19). The van der Waals surface area contributed by atoms with Crippen molar-refractivity contribution in [3.05, 3.63) is 47.5 Å². The predicted octanol–water partition coefficient (Wildman–Crippen LogP) is 2.74. The first-order valence-electron chi connectivity index (χ1n) is 5.86. The second kappa shape index (κ2) is 5.44. The van der Waals surface area contributed by atoms with Gasteiger partial charge < -0.3 is 5.73 Å². The summed E-state index contributed by atoms with van der Waals surface area (Å²) in [5.74, 6) is -0.806. The molecule has 0 unspecified atom stereocenters. The fourth-order valence-electron chi connectivity index (χ4n) is 1.88. The minimum atomic E-state index is -0.710. The number of aryl methyl sites for hydroxylation is 1. The fraction of sp³-hybridized carbons (Fsp3) is 0.231.